The van der Waals surface area contributed by atoms with Crippen molar-refractivity contribution < 1.29 is 9.18 Å². The van der Waals surface area contributed by atoms with Gasteiger partial charge in [0.15, 0.2) is 0 Å². The van der Waals surface area contributed by atoms with Crippen LogP contribution in [0.2, 0.25) is 0 Å². The maximum atomic E-state index is 13.7. The third-order valence-electron chi connectivity index (χ3n) is 5.14. The van der Waals surface area contributed by atoms with Crippen molar-refractivity contribution in [2.75, 3.05) is 30.3 Å². The molecule has 3 heterocycles. The summed E-state index contributed by atoms with van der Waals surface area (Å²) in [5, 5.41) is 6.04. The first kappa shape index (κ1) is 19.8. The van der Waals surface area contributed by atoms with Crippen molar-refractivity contribution in [3.05, 3.63) is 72.6 Å². The summed E-state index contributed by atoms with van der Waals surface area (Å²) in [6.07, 6.45) is 6.80. The molecule has 1 saturated heterocycles. The molecule has 0 radical (unpaired) electrons. The van der Waals surface area contributed by atoms with Crippen molar-refractivity contribution >= 4 is 23.2 Å². The lowest BCUT2D eigenvalue weighted by atomic mass is 9.93. The smallest absolute Gasteiger partial charge is 0.241 e. The summed E-state index contributed by atoms with van der Waals surface area (Å²) in [7, 11) is 0. The van der Waals surface area contributed by atoms with Gasteiger partial charge in [0, 0.05) is 31.4 Å². The number of amides is 1. The van der Waals surface area contributed by atoms with Gasteiger partial charge >= 0.3 is 0 Å². The lowest BCUT2D eigenvalue weighted by molar-refractivity contribution is -0.130. The highest BCUT2D eigenvalue weighted by atomic mass is 19.1. The van der Waals surface area contributed by atoms with Crippen molar-refractivity contribution in [2.45, 2.75) is 18.8 Å². The van der Waals surface area contributed by atoms with Gasteiger partial charge in [-0.15, -0.1) is 0 Å². The molecular formula is C22H23FN6O. The number of hydrogen-bond donors (Lipinski definition) is 2. The number of benzene rings is 1. The number of carbonyl (C=O) groups excluding carboxylic acids is 1. The highest BCUT2D eigenvalue weighted by Crippen LogP contribution is 2.27. The van der Waals surface area contributed by atoms with E-state index in [1.54, 1.807) is 36.8 Å². The zero-order valence-electron chi connectivity index (χ0n) is 16.5. The van der Waals surface area contributed by atoms with E-state index in [1.165, 1.54) is 6.07 Å². The highest BCUT2D eigenvalue weighted by Gasteiger charge is 2.25. The molecule has 0 spiro atoms. The lowest BCUT2D eigenvalue weighted by Gasteiger charge is -2.32. The Bertz CT molecular complexity index is 992. The number of para-hydroxylation sites is 1. The monoisotopic (exact) mass is 406 g/mol. The van der Waals surface area contributed by atoms with Gasteiger partial charge in [0.05, 0.1) is 24.1 Å². The quantitative estimate of drug-likeness (QED) is 0.651. The number of piperidine rings is 1. The largest absolute Gasteiger partial charge is 0.374 e. The molecular weight excluding hydrogens is 383 g/mol. The molecule has 1 amide bonds. The molecule has 2 N–H and O–H groups in total. The minimum atomic E-state index is -0.359. The molecule has 0 saturated carbocycles. The molecule has 0 aliphatic carbocycles. The van der Waals surface area contributed by atoms with E-state index in [0.29, 0.717) is 30.4 Å². The van der Waals surface area contributed by atoms with E-state index in [1.807, 2.05) is 23.1 Å². The molecule has 0 unspecified atom stereocenters. The van der Waals surface area contributed by atoms with E-state index < -0.39 is 0 Å². The van der Waals surface area contributed by atoms with Gasteiger partial charge in [-0.1, -0.05) is 18.2 Å². The molecule has 3 aromatic rings. The third-order valence-corrected chi connectivity index (χ3v) is 5.14. The van der Waals surface area contributed by atoms with Gasteiger partial charge in [-0.2, -0.15) is 0 Å². The molecule has 1 aliphatic rings. The lowest BCUT2D eigenvalue weighted by Crippen LogP contribution is -2.41. The molecule has 0 bridgehead atoms. The molecule has 2 aromatic heterocycles. The zero-order chi connectivity index (χ0) is 20.8. The van der Waals surface area contributed by atoms with E-state index in [2.05, 4.69) is 25.6 Å². The topological polar surface area (TPSA) is 83.0 Å². The van der Waals surface area contributed by atoms with Crippen molar-refractivity contribution in [3.63, 3.8) is 0 Å². The van der Waals surface area contributed by atoms with Crippen LogP contribution in [0.1, 0.15) is 24.5 Å². The number of rotatable bonds is 6. The maximum Gasteiger partial charge on any atom is 0.241 e. The molecule has 7 nitrogen and oxygen atoms in total. The van der Waals surface area contributed by atoms with Gasteiger partial charge < -0.3 is 15.5 Å². The van der Waals surface area contributed by atoms with Crippen LogP contribution in [-0.2, 0) is 4.79 Å². The number of likely N-dealkylation sites (tertiary alicyclic amines) is 1. The van der Waals surface area contributed by atoms with Gasteiger partial charge in [-0.3, -0.25) is 9.78 Å². The number of hydrogen-bond acceptors (Lipinski definition) is 6. The van der Waals surface area contributed by atoms with Crippen LogP contribution in [0.5, 0.6) is 0 Å². The van der Waals surface area contributed by atoms with Crippen LogP contribution in [0.15, 0.2) is 61.1 Å². The van der Waals surface area contributed by atoms with Crippen LogP contribution >= 0.6 is 0 Å². The fourth-order valence-electron chi connectivity index (χ4n) is 3.52. The van der Waals surface area contributed by atoms with Crippen LogP contribution in [0.25, 0.3) is 0 Å². The molecule has 8 heteroatoms. The summed E-state index contributed by atoms with van der Waals surface area (Å²) in [6, 6.07) is 12.0. The predicted octanol–water partition coefficient (Wildman–Crippen LogP) is 3.57. The maximum absolute atomic E-state index is 13.7. The summed E-state index contributed by atoms with van der Waals surface area (Å²) in [5.41, 5.74) is 1.25. The molecule has 1 aromatic carbocycles. The molecule has 154 valence electrons. The van der Waals surface area contributed by atoms with Crippen LogP contribution in [0.3, 0.4) is 0 Å². The van der Waals surface area contributed by atoms with Crippen LogP contribution in [0.4, 0.5) is 21.7 Å². The highest BCUT2D eigenvalue weighted by molar-refractivity contribution is 5.81. The van der Waals surface area contributed by atoms with Gasteiger partial charge in [0.25, 0.3) is 0 Å². The Morgan fingerprint density at radius 3 is 2.63 bits per heavy atom. The average Bonchev–Trinajstić information content (AvgIpc) is 2.79. The fraction of sp³-hybridized carbons (Fsp3) is 0.273. The second kappa shape index (κ2) is 9.30. The van der Waals surface area contributed by atoms with Crippen molar-refractivity contribution in [2.24, 2.45) is 0 Å². The first-order valence-corrected chi connectivity index (χ1v) is 9.95. The number of carbonyl (C=O) groups is 1. The van der Waals surface area contributed by atoms with Gasteiger partial charge in [0.2, 0.25) is 5.91 Å². The Labute approximate surface area is 174 Å². The van der Waals surface area contributed by atoms with Crippen molar-refractivity contribution in [1.29, 1.82) is 0 Å². The molecule has 0 atom stereocenters. The van der Waals surface area contributed by atoms with Gasteiger partial charge in [-0.05, 0) is 37.1 Å². The standard InChI is InChI=1S/C22H23FN6O/c23-17-5-1-2-6-18(17)26-15-22(30)29-11-8-16(9-12-29)19-13-24-14-21(27-19)28-20-7-3-4-10-25-20/h1-7,10,13-14,16,26H,8-9,11-12,15H2,(H,25,27,28). The molecule has 1 fully saturated rings. The van der Waals surface area contributed by atoms with Gasteiger partial charge in [0.1, 0.15) is 17.5 Å². The minimum Gasteiger partial charge on any atom is -0.374 e. The minimum absolute atomic E-state index is 0.0339. The Morgan fingerprint density at radius 1 is 1.07 bits per heavy atom. The number of nitrogens with one attached hydrogen (secondary N) is 2. The normalized spacial score (nSPS) is 14.4. The molecule has 4 rings (SSSR count). The van der Waals surface area contributed by atoms with Crippen LogP contribution in [0, 0.1) is 5.82 Å². The average molecular weight is 406 g/mol. The first-order chi connectivity index (χ1) is 14.7. The fourth-order valence-corrected chi connectivity index (χ4v) is 3.52. The zero-order valence-corrected chi connectivity index (χ0v) is 16.5. The molecule has 30 heavy (non-hydrogen) atoms. The number of nitrogens with zero attached hydrogens (tertiary/aromatic N) is 4. The van der Waals surface area contributed by atoms with E-state index in [4.69, 9.17) is 0 Å². The van der Waals surface area contributed by atoms with Crippen molar-refractivity contribution in [3.8, 4) is 0 Å². The third kappa shape index (κ3) is 4.89. The summed E-state index contributed by atoms with van der Waals surface area (Å²) in [5.74, 6) is 1.22. The first-order valence-electron chi connectivity index (χ1n) is 9.95. The predicted molar refractivity (Wildman–Crippen MR) is 113 cm³/mol. The van der Waals surface area contributed by atoms with E-state index in [9.17, 15) is 9.18 Å². The Kier molecular flexibility index (Phi) is 6.12. The van der Waals surface area contributed by atoms with Crippen molar-refractivity contribution in [1.82, 2.24) is 19.9 Å². The van der Waals surface area contributed by atoms with Gasteiger partial charge in [-0.25, -0.2) is 14.4 Å². The SMILES string of the molecule is O=C(CNc1ccccc1F)N1CCC(c2cncc(Nc3ccccn3)n2)CC1. The number of pyridine rings is 1. The van der Waals surface area contributed by atoms with Crippen LogP contribution in [-0.4, -0.2) is 45.4 Å². The van der Waals surface area contributed by atoms with E-state index >= 15 is 0 Å². The Hall–Kier alpha value is -3.55. The second-order valence-electron chi connectivity index (χ2n) is 7.16. The summed E-state index contributed by atoms with van der Waals surface area (Å²) >= 11 is 0. The number of halogens is 1. The number of aromatic nitrogens is 3. The summed E-state index contributed by atoms with van der Waals surface area (Å²) in [6.45, 7) is 1.36. The summed E-state index contributed by atoms with van der Waals surface area (Å²) < 4.78 is 13.7. The molecule has 1 aliphatic heterocycles. The summed E-state index contributed by atoms with van der Waals surface area (Å²) in [4.78, 5) is 27.5. The van der Waals surface area contributed by atoms with Crippen LogP contribution < -0.4 is 10.6 Å². The Balaban J connectivity index is 1.30. The number of anilines is 3. The second-order valence-corrected chi connectivity index (χ2v) is 7.16. The Morgan fingerprint density at radius 2 is 1.87 bits per heavy atom. The van der Waals surface area contributed by atoms with E-state index in [0.717, 1.165) is 18.5 Å². The van der Waals surface area contributed by atoms with E-state index in [-0.39, 0.29) is 24.2 Å².